The minimum atomic E-state index is -4.70. The number of carbonyl (C=O) groups excluding carboxylic acids is 1. The second-order valence-electron chi connectivity index (χ2n) is 7.57. The summed E-state index contributed by atoms with van der Waals surface area (Å²) in [4.78, 5) is 17.3. The molecule has 0 bridgehead atoms. The number of hydrogen-bond acceptors (Lipinski definition) is 7. The first-order valence-corrected chi connectivity index (χ1v) is 12.6. The van der Waals surface area contributed by atoms with Crippen molar-refractivity contribution in [3.8, 4) is 11.5 Å². The average molecular weight is 535 g/mol. The molecule has 2 aliphatic rings. The van der Waals surface area contributed by atoms with Crippen LogP contribution in [0.2, 0.25) is 0 Å². The number of amidine groups is 2. The number of fused-ring (bicyclic) bond motifs is 1. The van der Waals surface area contributed by atoms with Crippen molar-refractivity contribution in [3.05, 3.63) is 59.2 Å². The standard InChI is InChI=1S/C24H21F3N4O3S2/c1-3-33-19-13-15(6-9-18(19)34-10-11-35-16-7-4-14(2)5-8-16)12-17-20(28)31-23(29-21(17)32)36-22(30-31)24(25,26)27/h4-9,12-13,28H,3,10-11H2,1-2H3/b17-12-,28-20?. The number of nitrogens with zero attached hydrogens (tertiary/aromatic N) is 3. The lowest BCUT2D eigenvalue weighted by Gasteiger charge is -2.20. The van der Waals surface area contributed by atoms with E-state index in [2.05, 4.69) is 34.4 Å². The largest absolute Gasteiger partial charge is 0.490 e. The van der Waals surface area contributed by atoms with E-state index in [-0.39, 0.29) is 22.5 Å². The van der Waals surface area contributed by atoms with Crippen LogP contribution in [-0.2, 0) is 4.79 Å². The van der Waals surface area contributed by atoms with Crippen LogP contribution in [-0.4, -0.2) is 52.1 Å². The molecule has 2 heterocycles. The summed E-state index contributed by atoms with van der Waals surface area (Å²) < 4.78 is 50.6. The van der Waals surface area contributed by atoms with Crippen LogP contribution in [0.3, 0.4) is 0 Å². The lowest BCUT2D eigenvalue weighted by atomic mass is 10.1. The number of aliphatic imine (C=N–C) groups is 1. The molecule has 0 unspecified atom stereocenters. The Labute approximate surface area is 214 Å². The predicted octanol–water partition coefficient (Wildman–Crippen LogP) is 5.75. The molecule has 0 aliphatic carbocycles. The zero-order valence-electron chi connectivity index (χ0n) is 19.3. The van der Waals surface area contributed by atoms with Crippen LogP contribution < -0.4 is 9.47 Å². The van der Waals surface area contributed by atoms with Crippen LogP contribution in [0.25, 0.3) is 6.08 Å². The fourth-order valence-corrected chi connectivity index (χ4v) is 4.71. The Kier molecular flexibility index (Phi) is 7.74. The molecule has 2 aliphatic heterocycles. The Morgan fingerprint density at radius 2 is 1.89 bits per heavy atom. The van der Waals surface area contributed by atoms with Gasteiger partial charge in [0.2, 0.25) is 10.2 Å². The van der Waals surface area contributed by atoms with E-state index >= 15 is 0 Å². The number of carbonyl (C=O) groups is 1. The highest BCUT2D eigenvalue weighted by Gasteiger charge is 2.46. The van der Waals surface area contributed by atoms with Gasteiger partial charge in [-0.25, -0.2) is 0 Å². The summed E-state index contributed by atoms with van der Waals surface area (Å²) in [6.07, 6.45) is -3.32. The number of halogens is 3. The summed E-state index contributed by atoms with van der Waals surface area (Å²) in [5.41, 5.74) is 1.51. The van der Waals surface area contributed by atoms with Crippen molar-refractivity contribution in [2.24, 2.45) is 10.1 Å². The van der Waals surface area contributed by atoms with E-state index in [1.807, 2.05) is 13.8 Å². The van der Waals surface area contributed by atoms with Crippen LogP contribution in [0.5, 0.6) is 11.5 Å². The number of ether oxygens (including phenoxy) is 2. The predicted molar refractivity (Wildman–Crippen MR) is 136 cm³/mol. The normalized spacial score (nSPS) is 16.7. The number of hydrazone groups is 1. The van der Waals surface area contributed by atoms with Crippen molar-refractivity contribution in [1.82, 2.24) is 5.01 Å². The topological polar surface area (TPSA) is 87.3 Å². The van der Waals surface area contributed by atoms with Gasteiger partial charge in [0.25, 0.3) is 5.91 Å². The summed E-state index contributed by atoms with van der Waals surface area (Å²) in [7, 11) is 0. The molecule has 188 valence electrons. The molecule has 0 saturated heterocycles. The second-order valence-corrected chi connectivity index (χ2v) is 9.70. The van der Waals surface area contributed by atoms with Crippen molar-refractivity contribution in [1.29, 1.82) is 5.41 Å². The smallest absolute Gasteiger partial charge is 0.441 e. The van der Waals surface area contributed by atoms with Crippen molar-refractivity contribution < 1.29 is 27.4 Å². The quantitative estimate of drug-likeness (QED) is 0.264. The molecular weight excluding hydrogens is 513 g/mol. The lowest BCUT2D eigenvalue weighted by Crippen LogP contribution is -2.35. The van der Waals surface area contributed by atoms with Crippen LogP contribution in [0.1, 0.15) is 18.1 Å². The Hall–Kier alpha value is -3.25. The number of amides is 1. The number of rotatable bonds is 8. The van der Waals surface area contributed by atoms with Gasteiger partial charge in [0.15, 0.2) is 17.3 Å². The Bertz CT molecular complexity index is 1270. The number of aryl methyl sites for hydroxylation is 1. The van der Waals surface area contributed by atoms with Crippen molar-refractivity contribution in [2.45, 2.75) is 24.9 Å². The zero-order chi connectivity index (χ0) is 25.9. The molecule has 4 rings (SSSR count). The molecule has 1 amide bonds. The molecule has 0 radical (unpaired) electrons. The average Bonchev–Trinajstić information content (AvgIpc) is 3.27. The van der Waals surface area contributed by atoms with Crippen molar-refractivity contribution >= 4 is 51.6 Å². The summed E-state index contributed by atoms with van der Waals surface area (Å²) in [5, 5.41) is 10.9. The SMILES string of the molecule is CCOc1cc(/C=C2/C(=N)N3N=C(C(F)(F)F)SC3=NC2=O)ccc1OCCSc1ccc(C)cc1. The monoisotopic (exact) mass is 534 g/mol. The molecule has 2 aromatic rings. The molecule has 0 spiro atoms. The van der Waals surface area contributed by atoms with Crippen LogP contribution in [0.15, 0.2) is 63.0 Å². The summed E-state index contributed by atoms with van der Waals surface area (Å²) in [6.45, 7) is 4.66. The fraction of sp³-hybridized carbons (Fsp3) is 0.250. The van der Waals surface area contributed by atoms with Gasteiger partial charge in [0.05, 0.1) is 18.8 Å². The van der Waals surface area contributed by atoms with Crippen molar-refractivity contribution in [3.63, 3.8) is 0 Å². The highest BCUT2D eigenvalue weighted by Crippen LogP contribution is 2.36. The van der Waals surface area contributed by atoms with Crippen LogP contribution in [0, 0.1) is 12.3 Å². The number of benzene rings is 2. The maximum Gasteiger partial charge on any atom is 0.441 e. The van der Waals surface area contributed by atoms with E-state index in [0.717, 1.165) is 10.6 Å². The van der Waals surface area contributed by atoms with Crippen LogP contribution >= 0.6 is 23.5 Å². The van der Waals surface area contributed by atoms with Gasteiger partial charge in [-0.15, -0.1) is 11.8 Å². The third kappa shape index (κ3) is 5.93. The van der Waals surface area contributed by atoms with E-state index in [1.54, 1.807) is 30.0 Å². The Morgan fingerprint density at radius 3 is 2.58 bits per heavy atom. The molecule has 36 heavy (non-hydrogen) atoms. The van der Waals surface area contributed by atoms with E-state index in [1.165, 1.54) is 11.6 Å². The summed E-state index contributed by atoms with van der Waals surface area (Å²) in [5.74, 6) is 0.386. The maximum atomic E-state index is 13.0. The number of nitrogens with one attached hydrogen (secondary N) is 1. The molecule has 0 atom stereocenters. The van der Waals surface area contributed by atoms with Gasteiger partial charge >= 0.3 is 6.18 Å². The van der Waals surface area contributed by atoms with Gasteiger partial charge < -0.3 is 9.47 Å². The Balaban J connectivity index is 1.47. The molecule has 1 N–H and O–H groups in total. The molecule has 0 aromatic heterocycles. The van der Waals surface area contributed by atoms with Gasteiger partial charge in [-0.3, -0.25) is 10.2 Å². The maximum absolute atomic E-state index is 13.0. The van der Waals surface area contributed by atoms with Crippen molar-refractivity contribution in [2.75, 3.05) is 19.0 Å². The van der Waals surface area contributed by atoms with Gasteiger partial charge in [0, 0.05) is 10.6 Å². The number of alkyl halides is 3. The molecule has 2 aromatic carbocycles. The second kappa shape index (κ2) is 10.8. The third-order valence-corrected chi connectivity index (χ3v) is 6.84. The van der Waals surface area contributed by atoms with Gasteiger partial charge in [-0.2, -0.15) is 28.3 Å². The van der Waals surface area contributed by atoms with E-state index in [9.17, 15) is 18.0 Å². The zero-order valence-corrected chi connectivity index (χ0v) is 20.9. The first kappa shape index (κ1) is 25.8. The first-order valence-electron chi connectivity index (χ1n) is 10.8. The molecule has 0 fully saturated rings. The Morgan fingerprint density at radius 1 is 1.14 bits per heavy atom. The van der Waals surface area contributed by atoms with Gasteiger partial charge in [-0.05, 0) is 61.5 Å². The highest BCUT2D eigenvalue weighted by atomic mass is 32.2. The van der Waals surface area contributed by atoms with E-state index in [4.69, 9.17) is 14.9 Å². The number of hydrogen-bond donors (Lipinski definition) is 1. The number of thioether (sulfide) groups is 2. The fourth-order valence-electron chi connectivity index (χ4n) is 3.22. The molecule has 0 saturated carbocycles. The third-order valence-electron chi connectivity index (χ3n) is 4.91. The minimum absolute atomic E-state index is 0.183. The van der Waals surface area contributed by atoms with Crippen LogP contribution in [0.4, 0.5) is 13.2 Å². The van der Waals surface area contributed by atoms with E-state index < -0.39 is 23.0 Å². The van der Waals surface area contributed by atoms with Gasteiger partial charge in [-0.1, -0.05) is 23.8 Å². The highest BCUT2D eigenvalue weighted by molar-refractivity contribution is 8.27. The molecular formula is C24H21F3N4O3S2. The minimum Gasteiger partial charge on any atom is -0.490 e. The van der Waals surface area contributed by atoms with Gasteiger partial charge in [0.1, 0.15) is 0 Å². The molecule has 7 nitrogen and oxygen atoms in total. The van der Waals surface area contributed by atoms with E-state index in [0.29, 0.717) is 35.3 Å². The molecule has 12 heteroatoms. The summed E-state index contributed by atoms with van der Waals surface area (Å²) >= 11 is 1.88. The summed E-state index contributed by atoms with van der Waals surface area (Å²) in [6, 6.07) is 13.2. The lowest BCUT2D eigenvalue weighted by molar-refractivity contribution is -0.114. The first-order chi connectivity index (χ1) is 17.2.